The first-order valence-electron chi connectivity index (χ1n) is 11.6. The Morgan fingerprint density at radius 2 is 1.92 bits per heavy atom. The van der Waals surface area contributed by atoms with Gasteiger partial charge in [-0.15, -0.1) is 0 Å². The molecule has 3 aromatic rings. The zero-order valence-electron chi connectivity index (χ0n) is 21.0. The van der Waals surface area contributed by atoms with E-state index in [1.165, 1.54) is 11.3 Å². The number of allylic oxidation sites excluding steroid dienone is 1. The van der Waals surface area contributed by atoms with E-state index in [9.17, 15) is 9.59 Å². The Balaban J connectivity index is 1.95. The molecule has 1 aliphatic rings. The average Bonchev–Trinajstić information content (AvgIpc) is 3.13. The molecule has 7 nitrogen and oxygen atoms in total. The van der Waals surface area contributed by atoms with Gasteiger partial charge in [-0.2, -0.15) is 0 Å². The van der Waals surface area contributed by atoms with Crippen LogP contribution in [0.4, 0.5) is 0 Å². The molecular formula is C27H26Br2N2O5S. The Morgan fingerprint density at radius 3 is 2.57 bits per heavy atom. The number of benzene rings is 2. The molecule has 0 saturated heterocycles. The van der Waals surface area contributed by atoms with Crippen molar-refractivity contribution < 1.29 is 19.0 Å². The lowest BCUT2D eigenvalue weighted by atomic mass is 9.95. The summed E-state index contributed by atoms with van der Waals surface area (Å²) in [6.45, 7) is 7.80. The number of ether oxygens (including phenoxy) is 3. The number of halogens is 2. The van der Waals surface area contributed by atoms with Crippen molar-refractivity contribution in [3.8, 4) is 11.5 Å². The number of hydrogen-bond acceptors (Lipinski definition) is 7. The fourth-order valence-corrected chi connectivity index (χ4v) is 6.04. The summed E-state index contributed by atoms with van der Waals surface area (Å²) in [6.07, 6.45) is 1.48. The van der Waals surface area contributed by atoms with Gasteiger partial charge in [0.1, 0.15) is 17.5 Å². The molecule has 0 N–H and O–H groups in total. The van der Waals surface area contributed by atoms with E-state index in [0.717, 1.165) is 20.3 Å². The van der Waals surface area contributed by atoms with Crippen LogP contribution >= 0.6 is 43.2 Å². The predicted molar refractivity (Wildman–Crippen MR) is 151 cm³/mol. The van der Waals surface area contributed by atoms with Gasteiger partial charge in [0.25, 0.3) is 5.56 Å². The van der Waals surface area contributed by atoms with E-state index in [0.29, 0.717) is 38.5 Å². The van der Waals surface area contributed by atoms with Crippen LogP contribution in [0.15, 0.2) is 66.4 Å². The van der Waals surface area contributed by atoms with E-state index >= 15 is 0 Å². The van der Waals surface area contributed by atoms with E-state index in [2.05, 4.69) is 36.9 Å². The van der Waals surface area contributed by atoms with Crippen molar-refractivity contribution in [2.24, 2.45) is 4.99 Å². The molecule has 0 saturated carbocycles. The van der Waals surface area contributed by atoms with Crippen LogP contribution in [0.3, 0.4) is 0 Å². The van der Waals surface area contributed by atoms with Crippen molar-refractivity contribution in [2.45, 2.75) is 39.8 Å². The standard InChI is InChI=1S/C27H26Br2N2O5S/c1-6-35-21-9-7-16(11-19(21)29)12-22-25(32)31-24(18-13-17(28)8-10-20(18)34-5)23(26(33)36-14(2)3)15(4)30-27(31)37-22/h7-14,24H,6H2,1-5H3/b22-12-/t24-/m1/s1. The number of hydrogen-bond donors (Lipinski definition) is 0. The first-order valence-corrected chi connectivity index (χ1v) is 14.0. The number of thiazole rings is 1. The van der Waals surface area contributed by atoms with Crippen LogP contribution in [-0.4, -0.2) is 30.4 Å². The third-order valence-electron chi connectivity index (χ3n) is 5.62. The van der Waals surface area contributed by atoms with Crippen LogP contribution in [-0.2, 0) is 9.53 Å². The maximum absolute atomic E-state index is 13.9. The fourth-order valence-electron chi connectivity index (χ4n) is 4.10. The van der Waals surface area contributed by atoms with Gasteiger partial charge in [0.05, 0.1) is 40.1 Å². The molecule has 0 amide bonds. The van der Waals surface area contributed by atoms with Gasteiger partial charge in [-0.05, 0) is 85.6 Å². The number of aromatic nitrogens is 1. The highest BCUT2D eigenvalue weighted by Crippen LogP contribution is 2.37. The molecular weight excluding hydrogens is 624 g/mol. The largest absolute Gasteiger partial charge is 0.496 e. The lowest BCUT2D eigenvalue weighted by Gasteiger charge is -2.26. The second kappa shape index (κ2) is 11.4. The van der Waals surface area contributed by atoms with Crippen LogP contribution in [0.2, 0.25) is 0 Å². The molecule has 194 valence electrons. The van der Waals surface area contributed by atoms with Gasteiger partial charge in [-0.3, -0.25) is 9.36 Å². The third kappa shape index (κ3) is 5.61. The van der Waals surface area contributed by atoms with Gasteiger partial charge in [0, 0.05) is 10.0 Å². The summed E-state index contributed by atoms with van der Waals surface area (Å²) in [7, 11) is 1.56. The van der Waals surface area contributed by atoms with E-state index in [4.69, 9.17) is 14.2 Å². The molecule has 0 spiro atoms. The summed E-state index contributed by atoms with van der Waals surface area (Å²) in [5.41, 5.74) is 2.01. The minimum absolute atomic E-state index is 0.261. The van der Waals surface area contributed by atoms with E-state index < -0.39 is 12.0 Å². The van der Waals surface area contributed by atoms with Gasteiger partial charge in [0.2, 0.25) is 0 Å². The van der Waals surface area contributed by atoms with Gasteiger partial charge < -0.3 is 14.2 Å². The maximum atomic E-state index is 13.9. The smallest absolute Gasteiger partial charge is 0.338 e. The lowest BCUT2D eigenvalue weighted by Crippen LogP contribution is -2.40. The van der Waals surface area contributed by atoms with E-state index in [1.54, 1.807) is 38.5 Å². The fraction of sp³-hybridized carbons (Fsp3) is 0.296. The van der Waals surface area contributed by atoms with E-state index in [1.807, 2.05) is 43.3 Å². The molecule has 4 rings (SSSR count). The van der Waals surface area contributed by atoms with Crippen molar-refractivity contribution in [3.63, 3.8) is 0 Å². The van der Waals surface area contributed by atoms with Gasteiger partial charge in [-0.25, -0.2) is 9.79 Å². The van der Waals surface area contributed by atoms with Crippen LogP contribution in [0, 0.1) is 0 Å². The van der Waals surface area contributed by atoms with Crippen molar-refractivity contribution in [1.29, 1.82) is 0 Å². The molecule has 2 heterocycles. The predicted octanol–water partition coefficient (Wildman–Crippen LogP) is 5.12. The van der Waals surface area contributed by atoms with Gasteiger partial charge >= 0.3 is 5.97 Å². The molecule has 0 radical (unpaired) electrons. The second-order valence-electron chi connectivity index (χ2n) is 8.55. The number of carbonyl (C=O) groups is 1. The Labute approximate surface area is 235 Å². The molecule has 0 bridgehead atoms. The Kier molecular flexibility index (Phi) is 8.40. The summed E-state index contributed by atoms with van der Waals surface area (Å²) in [5, 5.41) is 0. The molecule has 10 heteroatoms. The minimum atomic E-state index is -0.774. The molecule has 0 fully saturated rings. The summed E-state index contributed by atoms with van der Waals surface area (Å²) < 4.78 is 20.4. The summed E-state index contributed by atoms with van der Waals surface area (Å²) in [4.78, 5) is 32.3. The number of fused-ring (bicyclic) bond motifs is 1. The lowest BCUT2D eigenvalue weighted by molar-refractivity contribution is -0.143. The topological polar surface area (TPSA) is 79.1 Å². The van der Waals surface area contributed by atoms with Crippen LogP contribution in [0.5, 0.6) is 11.5 Å². The average molecular weight is 650 g/mol. The number of carbonyl (C=O) groups excluding carboxylic acids is 1. The Hall–Kier alpha value is -2.69. The molecule has 0 unspecified atom stereocenters. The molecule has 2 aromatic carbocycles. The molecule has 0 aliphatic carbocycles. The normalized spacial score (nSPS) is 15.5. The zero-order valence-corrected chi connectivity index (χ0v) is 25.0. The summed E-state index contributed by atoms with van der Waals surface area (Å²) in [5.74, 6) is 0.752. The van der Waals surface area contributed by atoms with Crippen molar-refractivity contribution in [2.75, 3.05) is 13.7 Å². The molecule has 1 aliphatic heterocycles. The van der Waals surface area contributed by atoms with Crippen LogP contribution < -0.4 is 24.4 Å². The molecule has 1 atom stereocenters. The Morgan fingerprint density at radius 1 is 1.19 bits per heavy atom. The van der Waals surface area contributed by atoms with Crippen molar-refractivity contribution in [1.82, 2.24) is 4.57 Å². The van der Waals surface area contributed by atoms with Gasteiger partial charge in [0.15, 0.2) is 4.80 Å². The monoisotopic (exact) mass is 648 g/mol. The highest BCUT2D eigenvalue weighted by molar-refractivity contribution is 9.10. The number of esters is 1. The quantitative estimate of drug-likeness (QED) is 0.332. The van der Waals surface area contributed by atoms with Crippen LogP contribution in [0.1, 0.15) is 44.9 Å². The summed E-state index contributed by atoms with van der Waals surface area (Å²) >= 11 is 8.32. The molecule has 1 aromatic heterocycles. The maximum Gasteiger partial charge on any atom is 0.338 e. The number of rotatable bonds is 7. The number of nitrogens with zero attached hydrogens (tertiary/aromatic N) is 2. The first-order chi connectivity index (χ1) is 17.6. The third-order valence-corrected chi connectivity index (χ3v) is 7.72. The zero-order chi connectivity index (χ0) is 26.9. The second-order valence-corrected chi connectivity index (χ2v) is 11.3. The van der Waals surface area contributed by atoms with Crippen molar-refractivity contribution >= 4 is 55.2 Å². The first kappa shape index (κ1) is 27.3. The SMILES string of the molecule is CCOc1ccc(/C=c2\sc3n(c2=O)[C@H](c2cc(Br)ccc2OC)C(C(=O)OC(C)C)=C(C)N=3)cc1Br. The highest BCUT2D eigenvalue weighted by atomic mass is 79.9. The highest BCUT2D eigenvalue weighted by Gasteiger charge is 2.35. The number of methoxy groups -OCH3 is 1. The van der Waals surface area contributed by atoms with Gasteiger partial charge in [-0.1, -0.05) is 33.3 Å². The van der Waals surface area contributed by atoms with Crippen LogP contribution in [0.25, 0.3) is 6.08 Å². The molecule has 37 heavy (non-hydrogen) atoms. The van der Waals surface area contributed by atoms with Crippen molar-refractivity contribution in [3.05, 3.63) is 87.4 Å². The minimum Gasteiger partial charge on any atom is -0.496 e. The Bertz CT molecular complexity index is 1570. The van der Waals surface area contributed by atoms with E-state index in [-0.39, 0.29) is 11.7 Å². The summed E-state index contributed by atoms with van der Waals surface area (Å²) in [6, 6.07) is 10.4.